The number of anilines is 2. The molecule has 0 aliphatic carbocycles. The van der Waals surface area contributed by atoms with Crippen molar-refractivity contribution in [3.63, 3.8) is 0 Å². The zero-order valence-corrected chi connectivity index (χ0v) is 14.7. The Balaban J connectivity index is 1.62. The number of carbonyl (C=O) groups is 2. The van der Waals surface area contributed by atoms with Crippen LogP contribution in [-0.4, -0.2) is 16.9 Å². The minimum absolute atomic E-state index is 0.159. The summed E-state index contributed by atoms with van der Waals surface area (Å²) in [5.41, 5.74) is 3.68. The molecule has 128 valence electrons. The van der Waals surface area contributed by atoms with Crippen LogP contribution in [0.25, 0.3) is 10.2 Å². The topological polar surface area (TPSA) is 83.1 Å². The largest absolute Gasteiger partial charge is 0.334 e. The Bertz CT molecular complexity index is 918. The van der Waals surface area contributed by atoms with Crippen LogP contribution in [-0.2, 0) is 11.3 Å². The molecular formula is C18H18N4O2S. The first-order valence-electron chi connectivity index (χ1n) is 7.78. The molecule has 0 bridgehead atoms. The number of nitrogens with one attached hydrogen (secondary N) is 3. The lowest BCUT2D eigenvalue weighted by atomic mass is 10.1. The molecule has 3 aromatic rings. The number of fused-ring (bicyclic) bond motifs is 1. The normalized spacial score (nSPS) is 10.5. The quantitative estimate of drug-likeness (QED) is 0.665. The summed E-state index contributed by atoms with van der Waals surface area (Å²) in [7, 11) is 0. The summed E-state index contributed by atoms with van der Waals surface area (Å²) in [6.45, 7) is 3.93. The van der Waals surface area contributed by atoms with Crippen LogP contribution in [0.4, 0.5) is 15.6 Å². The second-order valence-corrected chi connectivity index (χ2v) is 6.71. The van der Waals surface area contributed by atoms with Gasteiger partial charge in [-0.2, -0.15) is 0 Å². The number of thiazole rings is 1. The van der Waals surface area contributed by atoms with Crippen LogP contribution in [0, 0.1) is 6.92 Å². The summed E-state index contributed by atoms with van der Waals surface area (Å²) < 4.78 is 0.889. The van der Waals surface area contributed by atoms with Gasteiger partial charge in [0, 0.05) is 19.2 Å². The highest BCUT2D eigenvalue weighted by atomic mass is 32.1. The van der Waals surface area contributed by atoms with Crippen LogP contribution >= 0.6 is 11.3 Å². The van der Waals surface area contributed by atoms with Crippen molar-refractivity contribution in [3.8, 4) is 0 Å². The van der Waals surface area contributed by atoms with Gasteiger partial charge >= 0.3 is 6.03 Å². The fourth-order valence-corrected chi connectivity index (χ4v) is 3.22. The van der Waals surface area contributed by atoms with Crippen molar-refractivity contribution in [2.24, 2.45) is 0 Å². The Hall–Kier alpha value is -2.93. The summed E-state index contributed by atoms with van der Waals surface area (Å²) in [6, 6.07) is 13.2. The Morgan fingerprint density at radius 2 is 1.84 bits per heavy atom. The molecule has 0 aliphatic rings. The molecule has 0 aliphatic heterocycles. The third kappa shape index (κ3) is 4.54. The summed E-state index contributed by atoms with van der Waals surface area (Å²) >= 11 is 1.36. The third-order valence-corrected chi connectivity index (χ3v) is 4.44. The zero-order chi connectivity index (χ0) is 17.8. The van der Waals surface area contributed by atoms with Crippen LogP contribution in [0.2, 0.25) is 0 Å². The van der Waals surface area contributed by atoms with Crippen molar-refractivity contribution in [3.05, 3.63) is 53.6 Å². The molecule has 25 heavy (non-hydrogen) atoms. The molecule has 0 atom stereocenters. The van der Waals surface area contributed by atoms with E-state index in [1.807, 2.05) is 43.3 Å². The number of amides is 3. The van der Waals surface area contributed by atoms with Crippen molar-refractivity contribution in [2.75, 3.05) is 10.6 Å². The monoisotopic (exact) mass is 354 g/mol. The van der Waals surface area contributed by atoms with Crippen molar-refractivity contribution < 1.29 is 9.59 Å². The summed E-state index contributed by atoms with van der Waals surface area (Å²) in [5, 5.41) is 8.84. The average molecular weight is 354 g/mol. The number of hydrogen-bond donors (Lipinski definition) is 3. The predicted octanol–water partition coefficient (Wildman–Crippen LogP) is 3.88. The maximum Gasteiger partial charge on any atom is 0.319 e. The van der Waals surface area contributed by atoms with Gasteiger partial charge in [-0.05, 0) is 30.7 Å². The number of benzene rings is 2. The Morgan fingerprint density at radius 1 is 1.08 bits per heavy atom. The first-order chi connectivity index (χ1) is 12.0. The number of aromatic nitrogens is 1. The highest BCUT2D eigenvalue weighted by molar-refractivity contribution is 7.22. The number of nitrogens with zero attached hydrogens (tertiary/aromatic N) is 1. The van der Waals surface area contributed by atoms with Crippen LogP contribution in [0.3, 0.4) is 0 Å². The predicted molar refractivity (Wildman–Crippen MR) is 101 cm³/mol. The van der Waals surface area contributed by atoms with Crippen LogP contribution in [0.15, 0.2) is 42.5 Å². The summed E-state index contributed by atoms with van der Waals surface area (Å²) in [5.74, 6) is -0.159. The molecule has 3 amide bonds. The van der Waals surface area contributed by atoms with E-state index in [0.29, 0.717) is 17.4 Å². The number of aryl methyl sites for hydroxylation is 1. The van der Waals surface area contributed by atoms with Gasteiger partial charge in [-0.25, -0.2) is 9.78 Å². The standard InChI is InChI=1S/C18H18N4O2S/c1-11-3-5-13(6-4-11)10-19-17(24)21-14-7-8-15-16(9-14)25-18(22-15)20-12(2)23/h3-9H,10H2,1-2H3,(H2,19,21,24)(H,20,22,23). The van der Waals surface area contributed by atoms with Gasteiger partial charge in [0.15, 0.2) is 5.13 Å². The van der Waals surface area contributed by atoms with Gasteiger partial charge in [-0.1, -0.05) is 41.2 Å². The van der Waals surface area contributed by atoms with E-state index in [-0.39, 0.29) is 11.9 Å². The van der Waals surface area contributed by atoms with E-state index >= 15 is 0 Å². The second kappa shape index (κ2) is 7.31. The smallest absolute Gasteiger partial charge is 0.319 e. The van der Waals surface area contributed by atoms with Crippen LogP contribution in [0.1, 0.15) is 18.1 Å². The van der Waals surface area contributed by atoms with Crippen molar-refractivity contribution in [1.82, 2.24) is 10.3 Å². The molecule has 0 spiro atoms. The molecule has 0 unspecified atom stereocenters. The Morgan fingerprint density at radius 3 is 2.56 bits per heavy atom. The highest BCUT2D eigenvalue weighted by Crippen LogP contribution is 2.28. The maximum atomic E-state index is 12.0. The molecule has 0 saturated heterocycles. The van der Waals surface area contributed by atoms with E-state index in [9.17, 15) is 9.59 Å². The lowest BCUT2D eigenvalue weighted by molar-refractivity contribution is -0.114. The number of urea groups is 1. The molecule has 0 radical (unpaired) electrons. The maximum absolute atomic E-state index is 12.0. The van der Waals surface area contributed by atoms with E-state index in [2.05, 4.69) is 20.9 Å². The zero-order valence-electron chi connectivity index (χ0n) is 13.9. The van der Waals surface area contributed by atoms with E-state index in [1.54, 1.807) is 6.07 Å². The lowest BCUT2D eigenvalue weighted by Crippen LogP contribution is -2.28. The van der Waals surface area contributed by atoms with Crippen LogP contribution < -0.4 is 16.0 Å². The van der Waals surface area contributed by atoms with E-state index < -0.39 is 0 Å². The van der Waals surface area contributed by atoms with Gasteiger partial charge in [0.2, 0.25) is 5.91 Å². The Kier molecular flexibility index (Phi) is 4.95. The number of hydrogen-bond acceptors (Lipinski definition) is 4. The summed E-state index contributed by atoms with van der Waals surface area (Å²) in [4.78, 5) is 27.5. The molecule has 6 nitrogen and oxygen atoms in total. The number of rotatable bonds is 4. The Labute approximate surface area is 149 Å². The van der Waals surface area contributed by atoms with Gasteiger partial charge in [0.05, 0.1) is 10.2 Å². The molecule has 1 aromatic heterocycles. The van der Waals surface area contributed by atoms with E-state index in [1.165, 1.54) is 23.8 Å². The third-order valence-electron chi connectivity index (χ3n) is 3.50. The van der Waals surface area contributed by atoms with Gasteiger partial charge in [-0.3, -0.25) is 4.79 Å². The van der Waals surface area contributed by atoms with Crippen molar-refractivity contribution in [2.45, 2.75) is 20.4 Å². The van der Waals surface area contributed by atoms with Crippen molar-refractivity contribution >= 4 is 44.3 Å². The SMILES string of the molecule is CC(=O)Nc1nc2ccc(NC(=O)NCc3ccc(C)cc3)cc2s1. The van der Waals surface area contributed by atoms with Gasteiger partial charge in [0.25, 0.3) is 0 Å². The minimum Gasteiger partial charge on any atom is -0.334 e. The minimum atomic E-state index is -0.272. The molecular weight excluding hydrogens is 336 g/mol. The fraction of sp³-hybridized carbons (Fsp3) is 0.167. The highest BCUT2D eigenvalue weighted by Gasteiger charge is 2.07. The molecule has 3 rings (SSSR count). The van der Waals surface area contributed by atoms with Crippen molar-refractivity contribution in [1.29, 1.82) is 0 Å². The molecule has 0 saturated carbocycles. The van der Waals surface area contributed by atoms with Gasteiger partial charge < -0.3 is 16.0 Å². The van der Waals surface area contributed by atoms with Gasteiger partial charge in [-0.15, -0.1) is 0 Å². The van der Waals surface area contributed by atoms with E-state index in [0.717, 1.165) is 15.8 Å². The molecule has 0 fully saturated rings. The second-order valence-electron chi connectivity index (χ2n) is 5.68. The fourth-order valence-electron chi connectivity index (χ4n) is 2.27. The van der Waals surface area contributed by atoms with E-state index in [4.69, 9.17) is 0 Å². The molecule has 3 N–H and O–H groups in total. The first-order valence-corrected chi connectivity index (χ1v) is 8.60. The first kappa shape index (κ1) is 16.9. The van der Waals surface area contributed by atoms with Gasteiger partial charge in [0.1, 0.15) is 0 Å². The molecule has 1 heterocycles. The lowest BCUT2D eigenvalue weighted by Gasteiger charge is -2.08. The number of carbonyl (C=O) groups excluding carboxylic acids is 2. The average Bonchev–Trinajstić information content (AvgIpc) is 2.95. The van der Waals surface area contributed by atoms with Crippen LogP contribution in [0.5, 0.6) is 0 Å². The molecule has 7 heteroatoms. The summed E-state index contributed by atoms with van der Waals surface area (Å²) in [6.07, 6.45) is 0. The molecule has 2 aromatic carbocycles.